The maximum atomic E-state index is 12.6. The minimum absolute atomic E-state index is 0.0586. The van der Waals surface area contributed by atoms with Gasteiger partial charge in [-0.25, -0.2) is 9.59 Å². The second-order valence-corrected chi connectivity index (χ2v) is 6.41. The minimum atomic E-state index is -1.26. The fraction of sp³-hybridized carbons (Fsp3) is 0.471. The van der Waals surface area contributed by atoms with Crippen LogP contribution < -0.4 is 0 Å². The fourth-order valence-electron chi connectivity index (χ4n) is 2.59. The molecule has 2 rings (SSSR count). The summed E-state index contributed by atoms with van der Waals surface area (Å²) < 4.78 is 10.1. The third kappa shape index (κ3) is 3.70. The molecule has 1 aromatic rings. The average Bonchev–Trinajstić information content (AvgIpc) is 2.83. The predicted molar refractivity (Wildman–Crippen MR) is 82.7 cm³/mol. The first-order chi connectivity index (χ1) is 10.7. The maximum Gasteiger partial charge on any atom is 0.411 e. The van der Waals surface area contributed by atoms with Crippen LogP contribution in [0.4, 0.5) is 4.79 Å². The number of benzene rings is 1. The number of carbonyl (C=O) groups is 3. The lowest BCUT2D eigenvalue weighted by Crippen LogP contribution is -2.47. The van der Waals surface area contributed by atoms with Gasteiger partial charge in [0.25, 0.3) is 0 Å². The molecule has 2 atom stereocenters. The van der Waals surface area contributed by atoms with E-state index in [1.165, 1.54) is 12.0 Å². The number of hydrogen-bond donors (Lipinski definition) is 0. The number of likely N-dealkylation sites (tertiary alicyclic amines) is 1. The van der Waals surface area contributed by atoms with Crippen molar-refractivity contribution in [3.8, 4) is 0 Å². The van der Waals surface area contributed by atoms with Crippen molar-refractivity contribution >= 4 is 17.8 Å². The van der Waals surface area contributed by atoms with Crippen LogP contribution in [0.5, 0.6) is 0 Å². The van der Waals surface area contributed by atoms with E-state index in [-0.39, 0.29) is 12.2 Å². The summed E-state index contributed by atoms with van der Waals surface area (Å²) in [5.74, 6) is -1.10. The van der Waals surface area contributed by atoms with Crippen LogP contribution >= 0.6 is 0 Å². The summed E-state index contributed by atoms with van der Waals surface area (Å²) in [7, 11) is 1.19. The number of rotatable bonds is 2. The van der Waals surface area contributed by atoms with Gasteiger partial charge in [0.2, 0.25) is 0 Å². The van der Waals surface area contributed by atoms with Crippen molar-refractivity contribution in [3.63, 3.8) is 0 Å². The Morgan fingerprint density at radius 1 is 1.17 bits per heavy atom. The molecule has 1 aliphatic heterocycles. The fourth-order valence-corrected chi connectivity index (χ4v) is 2.59. The number of nitrogens with zero attached hydrogens (tertiary/aromatic N) is 1. The van der Waals surface area contributed by atoms with Gasteiger partial charge in [0, 0.05) is 6.42 Å². The van der Waals surface area contributed by atoms with Crippen LogP contribution in [-0.2, 0) is 19.1 Å². The molecular weight excluding hydrogens is 298 g/mol. The highest BCUT2D eigenvalue weighted by atomic mass is 16.6. The molecule has 6 nitrogen and oxygen atoms in total. The largest absolute Gasteiger partial charge is 0.467 e. The second-order valence-electron chi connectivity index (χ2n) is 6.41. The zero-order valence-electron chi connectivity index (χ0n) is 13.7. The van der Waals surface area contributed by atoms with E-state index < -0.39 is 29.7 Å². The Morgan fingerprint density at radius 2 is 1.78 bits per heavy atom. The minimum Gasteiger partial charge on any atom is -0.467 e. The van der Waals surface area contributed by atoms with E-state index >= 15 is 0 Å². The molecule has 6 heteroatoms. The second kappa shape index (κ2) is 6.40. The van der Waals surface area contributed by atoms with E-state index in [4.69, 9.17) is 9.47 Å². The number of ether oxygens (including phenoxy) is 2. The van der Waals surface area contributed by atoms with E-state index in [1.54, 1.807) is 20.8 Å². The third-order valence-electron chi connectivity index (χ3n) is 3.53. The number of amides is 1. The molecule has 1 amide bonds. The third-order valence-corrected chi connectivity index (χ3v) is 3.53. The molecule has 0 bridgehead atoms. The Labute approximate surface area is 135 Å². The van der Waals surface area contributed by atoms with Crippen molar-refractivity contribution in [2.75, 3.05) is 7.11 Å². The highest BCUT2D eigenvalue weighted by molar-refractivity contribution is 6.07. The summed E-state index contributed by atoms with van der Waals surface area (Å²) in [4.78, 5) is 38.0. The van der Waals surface area contributed by atoms with E-state index in [0.29, 0.717) is 0 Å². The summed E-state index contributed by atoms with van der Waals surface area (Å²) in [6, 6.07) is 7.31. The molecule has 0 radical (unpaired) electrons. The molecule has 0 aromatic heterocycles. The van der Waals surface area contributed by atoms with Crippen LogP contribution in [0.15, 0.2) is 30.3 Å². The van der Waals surface area contributed by atoms with Crippen LogP contribution in [0.25, 0.3) is 0 Å². The summed E-state index contributed by atoms with van der Waals surface area (Å²) >= 11 is 0. The number of carbonyl (C=O) groups excluding carboxylic acids is 3. The van der Waals surface area contributed by atoms with E-state index in [2.05, 4.69) is 0 Å². The molecular formula is C17H21NO5. The molecule has 0 aliphatic carbocycles. The van der Waals surface area contributed by atoms with Crippen LogP contribution in [0.1, 0.15) is 38.8 Å². The molecule has 2 unspecified atom stereocenters. The van der Waals surface area contributed by atoms with Gasteiger partial charge in [0.15, 0.2) is 11.8 Å². The topological polar surface area (TPSA) is 72.9 Å². The van der Waals surface area contributed by atoms with Gasteiger partial charge in [0.1, 0.15) is 5.60 Å². The summed E-state index contributed by atoms with van der Waals surface area (Å²) in [5.41, 5.74) is 0.0445. The maximum absolute atomic E-state index is 12.6. The highest BCUT2D eigenvalue weighted by Crippen LogP contribution is 2.35. The first-order valence-corrected chi connectivity index (χ1v) is 7.41. The number of methoxy groups -OCH3 is 1. The standard InChI is InChI=1S/C17H21NO5/c1-17(2,3)23-16(21)18-12(11-8-6-5-7-9-11)10-13(19)14(18)15(20)22-4/h5-9,12,14H,10H2,1-4H3. The van der Waals surface area contributed by atoms with Crippen LogP contribution in [-0.4, -0.2) is 41.5 Å². The Kier molecular flexibility index (Phi) is 4.73. The van der Waals surface area contributed by atoms with E-state index in [0.717, 1.165) is 5.56 Å². The first-order valence-electron chi connectivity index (χ1n) is 7.41. The molecule has 1 saturated heterocycles. The quantitative estimate of drug-likeness (QED) is 0.618. The molecule has 1 heterocycles. The molecule has 1 aromatic carbocycles. The van der Waals surface area contributed by atoms with Gasteiger partial charge in [-0.3, -0.25) is 9.69 Å². The average molecular weight is 319 g/mol. The number of ketones is 1. The van der Waals surface area contributed by atoms with Crippen molar-refractivity contribution in [3.05, 3.63) is 35.9 Å². The molecule has 1 aliphatic rings. The van der Waals surface area contributed by atoms with Gasteiger partial charge in [-0.1, -0.05) is 30.3 Å². The Bertz CT molecular complexity index is 605. The zero-order chi connectivity index (χ0) is 17.2. The molecule has 1 fully saturated rings. The van der Waals surface area contributed by atoms with Crippen molar-refractivity contribution in [2.24, 2.45) is 0 Å². The monoisotopic (exact) mass is 319 g/mol. The molecule has 23 heavy (non-hydrogen) atoms. The highest BCUT2D eigenvalue weighted by Gasteiger charge is 2.49. The Balaban J connectivity index is 2.40. The van der Waals surface area contributed by atoms with Gasteiger partial charge in [-0.15, -0.1) is 0 Å². The SMILES string of the molecule is COC(=O)C1C(=O)CC(c2ccccc2)N1C(=O)OC(C)(C)C. The Hall–Kier alpha value is -2.37. The number of esters is 1. The van der Waals surface area contributed by atoms with Crippen LogP contribution in [0.3, 0.4) is 0 Å². The van der Waals surface area contributed by atoms with Crippen LogP contribution in [0, 0.1) is 0 Å². The summed E-state index contributed by atoms with van der Waals surface area (Å²) in [6.45, 7) is 5.19. The van der Waals surface area contributed by atoms with Crippen molar-refractivity contribution in [1.82, 2.24) is 4.90 Å². The number of hydrogen-bond acceptors (Lipinski definition) is 5. The van der Waals surface area contributed by atoms with Crippen LogP contribution in [0.2, 0.25) is 0 Å². The number of Topliss-reactive ketones (excluding diaryl/α,β-unsaturated/α-hetero) is 1. The smallest absolute Gasteiger partial charge is 0.411 e. The van der Waals surface area contributed by atoms with Crippen molar-refractivity contribution < 1.29 is 23.9 Å². The summed E-state index contributed by atoms with van der Waals surface area (Å²) in [5, 5.41) is 0. The predicted octanol–water partition coefficient (Wildman–Crippen LogP) is 2.48. The lowest BCUT2D eigenvalue weighted by Gasteiger charge is -2.30. The normalized spacial score (nSPS) is 21.2. The van der Waals surface area contributed by atoms with E-state index in [9.17, 15) is 14.4 Å². The zero-order valence-corrected chi connectivity index (χ0v) is 13.7. The summed E-state index contributed by atoms with van der Waals surface area (Å²) in [6.07, 6.45) is -0.643. The Morgan fingerprint density at radius 3 is 2.30 bits per heavy atom. The van der Waals surface area contributed by atoms with Crippen molar-refractivity contribution in [2.45, 2.75) is 44.9 Å². The van der Waals surface area contributed by atoms with Gasteiger partial charge in [-0.2, -0.15) is 0 Å². The van der Waals surface area contributed by atoms with Crippen molar-refractivity contribution in [1.29, 1.82) is 0 Å². The lowest BCUT2D eigenvalue weighted by molar-refractivity contribution is -0.148. The molecule has 0 saturated carbocycles. The van der Waals surface area contributed by atoms with Gasteiger partial charge >= 0.3 is 12.1 Å². The molecule has 124 valence electrons. The van der Waals surface area contributed by atoms with E-state index in [1.807, 2.05) is 30.3 Å². The van der Waals surface area contributed by atoms with Gasteiger partial charge in [-0.05, 0) is 26.3 Å². The molecule has 0 N–H and O–H groups in total. The first kappa shape index (κ1) is 17.0. The molecule has 0 spiro atoms. The lowest BCUT2D eigenvalue weighted by atomic mass is 10.0. The van der Waals surface area contributed by atoms with Gasteiger partial charge in [0.05, 0.1) is 13.2 Å². The van der Waals surface area contributed by atoms with Gasteiger partial charge < -0.3 is 9.47 Å².